The summed E-state index contributed by atoms with van der Waals surface area (Å²) >= 11 is 0. The normalized spacial score (nSPS) is 21.4. The molecule has 0 aliphatic carbocycles. The Kier molecular flexibility index (Phi) is 12.0. The lowest BCUT2D eigenvalue weighted by Gasteiger charge is -2.00. The summed E-state index contributed by atoms with van der Waals surface area (Å²) in [6.07, 6.45) is 20.6. The van der Waals surface area contributed by atoms with Crippen LogP contribution in [-0.2, 0) is 14.3 Å². The number of aliphatic hydroxyl groups excluding tert-OH is 1. The molecule has 4 heteroatoms. The molecule has 1 aliphatic heterocycles. The molecular weight excluding hydrogens is 316 g/mol. The van der Waals surface area contributed by atoms with Crippen molar-refractivity contribution >= 4 is 5.97 Å². The van der Waals surface area contributed by atoms with Gasteiger partial charge in [0.2, 0.25) is 0 Å². The minimum atomic E-state index is -0.560. The first kappa shape index (κ1) is 21.7. The van der Waals surface area contributed by atoms with E-state index >= 15 is 0 Å². The molecule has 1 N–H and O–H groups in total. The van der Waals surface area contributed by atoms with Crippen LogP contribution in [0.15, 0.2) is 36.5 Å². The summed E-state index contributed by atoms with van der Waals surface area (Å²) in [5.74, 6) is -0.194. The molecule has 25 heavy (non-hydrogen) atoms. The van der Waals surface area contributed by atoms with Gasteiger partial charge in [-0.1, -0.05) is 56.2 Å². The molecule has 1 heterocycles. The molecule has 0 amide bonds. The molecule has 3 unspecified atom stereocenters. The van der Waals surface area contributed by atoms with Crippen LogP contribution >= 0.6 is 0 Å². The average Bonchev–Trinajstić information content (AvgIpc) is 3.39. The van der Waals surface area contributed by atoms with Crippen LogP contribution < -0.4 is 0 Å². The third-order valence-corrected chi connectivity index (χ3v) is 4.24. The molecule has 0 spiro atoms. The molecule has 0 bridgehead atoms. The third kappa shape index (κ3) is 11.0. The predicted molar refractivity (Wildman–Crippen MR) is 101 cm³/mol. The second-order valence-corrected chi connectivity index (χ2v) is 6.44. The van der Waals surface area contributed by atoms with Crippen molar-refractivity contribution < 1.29 is 19.4 Å². The van der Waals surface area contributed by atoms with E-state index in [4.69, 9.17) is 4.74 Å². The van der Waals surface area contributed by atoms with E-state index in [1.165, 1.54) is 32.8 Å². The van der Waals surface area contributed by atoms with Crippen molar-refractivity contribution in [3.05, 3.63) is 36.5 Å². The molecule has 0 aromatic heterocycles. The van der Waals surface area contributed by atoms with Crippen molar-refractivity contribution in [1.29, 1.82) is 0 Å². The molecule has 3 atom stereocenters. The molecule has 142 valence electrons. The number of rotatable bonds is 14. The Hall–Kier alpha value is -1.39. The smallest absolute Gasteiger partial charge is 0.305 e. The van der Waals surface area contributed by atoms with Crippen LogP contribution in [0.1, 0.15) is 64.7 Å². The van der Waals surface area contributed by atoms with Crippen LogP contribution in [0.25, 0.3) is 0 Å². The Morgan fingerprint density at radius 1 is 1.12 bits per heavy atom. The van der Waals surface area contributed by atoms with Gasteiger partial charge in [-0.25, -0.2) is 0 Å². The van der Waals surface area contributed by atoms with E-state index in [9.17, 15) is 9.90 Å². The quantitative estimate of drug-likeness (QED) is 0.217. The van der Waals surface area contributed by atoms with Crippen LogP contribution in [-0.4, -0.2) is 36.5 Å². The molecule has 0 radical (unpaired) electrons. The van der Waals surface area contributed by atoms with Crippen molar-refractivity contribution in [2.24, 2.45) is 0 Å². The molecule has 1 fully saturated rings. The summed E-state index contributed by atoms with van der Waals surface area (Å²) in [5, 5.41) is 10.0. The molecule has 0 aromatic carbocycles. The van der Waals surface area contributed by atoms with Crippen molar-refractivity contribution in [3.63, 3.8) is 0 Å². The number of carbonyl (C=O) groups excluding carboxylic acids is 1. The van der Waals surface area contributed by atoms with Crippen molar-refractivity contribution in [2.75, 3.05) is 7.11 Å². The lowest BCUT2D eigenvalue weighted by Crippen LogP contribution is -2.14. The molecule has 1 saturated heterocycles. The maximum Gasteiger partial charge on any atom is 0.305 e. The Bertz CT molecular complexity index is 439. The van der Waals surface area contributed by atoms with Crippen LogP contribution in [0.4, 0.5) is 0 Å². The SMILES string of the molecule is CCCCC/C=C\C/C=C\C/C=C\C(O)C1OC1CCCC(=O)OC. The highest BCUT2D eigenvalue weighted by Crippen LogP contribution is 2.30. The van der Waals surface area contributed by atoms with Crippen molar-refractivity contribution in [2.45, 2.75) is 83.0 Å². The Labute approximate surface area is 152 Å². The first-order chi connectivity index (χ1) is 12.2. The van der Waals surface area contributed by atoms with Gasteiger partial charge in [-0.05, 0) is 38.5 Å². The van der Waals surface area contributed by atoms with Crippen LogP contribution in [0.2, 0.25) is 0 Å². The summed E-state index contributed by atoms with van der Waals surface area (Å²) < 4.78 is 10.1. The first-order valence-corrected chi connectivity index (χ1v) is 9.56. The molecule has 0 aromatic rings. The minimum Gasteiger partial charge on any atom is -0.469 e. The van der Waals surface area contributed by atoms with Gasteiger partial charge in [-0.3, -0.25) is 4.79 Å². The number of hydrogen-bond acceptors (Lipinski definition) is 4. The zero-order valence-electron chi connectivity index (χ0n) is 15.7. The number of allylic oxidation sites excluding steroid dienone is 5. The minimum absolute atomic E-state index is 0.0673. The summed E-state index contributed by atoms with van der Waals surface area (Å²) in [6, 6.07) is 0. The molecule has 1 aliphatic rings. The van der Waals surface area contributed by atoms with E-state index in [1.54, 1.807) is 6.08 Å². The highest BCUT2D eigenvalue weighted by molar-refractivity contribution is 5.68. The van der Waals surface area contributed by atoms with Gasteiger partial charge in [0.05, 0.1) is 13.2 Å². The molecule has 4 nitrogen and oxygen atoms in total. The van der Waals surface area contributed by atoms with E-state index in [2.05, 4.69) is 36.0 Å². The number of unbranched alkanes of at least 4 members (excludes halogenated alkanes) is 3. The summed E-state index contributed by atoms with van der Waals surface area (Å²) in [4.78, 5) is 11.0. The number of carbonyl (C=O) groups is 1. The van der Waals surface area contributed by atoms with Gasteiger partial charge in [0.1, 0.15) is 12.2 Å². The van der Waals surface area contributed by atoms with Gasteiger partial charge < -0.3 is 14.6 Å². The largest absolute Gasteiger partial charge is 0.469 e. The fraction of sp³-hybridized carbons (Fsp3) is 0.667. The standard InChI is InChI=1S/C21H34O4/c1-3-4-5-6-7-8-9-10-11-12-13-15-18(22)21-19(25-21)16-14-17-20(23)24-2/h7-8,10-11,13,15,18-19,21-22H,3-6,9,12,14,16-17H2,1-2H3/b8-7-,11-10-,15-13-. The molecule has 0 saturated carbocycles. The molecular formula is C21H34O4. The van der Waals surface area contributed by atoms with Crippen LogP contribution in [0, 0.1) is 0 Å². The fourth-order valence-electron chi connectivity index (χ4n) is 2.64. The van der Waals surface area contributed by atoms with E-state index in [-0.39, 0.29) is 18.2 Å². The lowest BCUT2D eigenvalue weighted by molar-refractivity contribution is -0.140. The second-order valence-electron chi connectivity index (χ2n) is 6.44. The van der Waals surface area contributed by atoms with E-state index in [0.717, 1.165) is 25.7 Å². The summed E-state index contributed by atoms with van der Waals surface area (Å²) in [7, 11) is 1.39. The van der Waals surface area contributed by atoms with Crippen molar-refractivity contribution in [3.8, 4) is 0 Å². The second kappa shape index (κ2) is 13.9. The summed E-state index contributed by atoms with van der Waals surface area (Å²) in [6.45, 7) is 2.22. The predicted octanol–water partition coefficient (Wildman–Crippen LogP) is 4.49. The highest BCUT2D eigenvalue weighted by atomic mass is 16.6. The van der Waals surface area contributed by atoms with Crippen LogP contribution in [0.3, 0.4) is 0 Å². The van der Waals surface area contributed by atoms with Gasteiger partial charge in [-0.15, -0.1) is 0 Å². The average molecular weight is 350 g/mol. The van der Waals surface area contributed by atoms with Crippen molar-refractivity contribution in [1.82, 2.24) is 0 Å². The Morgan fingerprint density at radius 3 is 2.56 bits per heavy atom. The van der Waals surface area contributed by atoms with E-state index in [1.807, 2.05) is 6.08 Å². The Morgan fingerprint density at radius 2 is 1.84 bits per heavy atom. The zero-order valence-corrected chi connectivity index (χ0v) is 15.7. The first-order valence-electron chi connectivity index (χ1n) is 9.56. The fourth-order valence-corrected chi connectivity index (χ4v) is 2.64. The third-order valence-electron chi connectivity index (χ3n) is 4.24. The summed E-state index contributed by atoms with van der Waals surface area (Å²) in [5.41, 5.74) is 0. The number of epoxide rings is 1. The number of methoxy groups -OCH3 is 1. The maximum absolute atomic E-state index is 11.0. The topological polar surface area (TPSA) is 59.1 Å². The number of aliphatic hydroxyl groups is 1. The van der Waals surface area contributed by atoms with E-state index < -0.39 is 6.10 Å². The van der Waals surface area contributed by atoms with Gasteiger partial charge in [0.15, 0.2) is 0 Å². The van der Waals surface area contributed by atoms with E-state index in [0.29, 0.717) is 6.42 Å². The van der Waals surface area contributed by atoms with Gasteiger partial charge in [0.25, 0.3) is 0 Å². The molecule has 1 rings (SSSR count). The van der Waals surface area contributed by atoms with Gasteiger partial charge in [-0.2, -0.15) is 0 Å². The number of ether oxygens (including phenoxy) is 2. The lowest BCUT2D eigenvalue weighted by atomic mass is 10.1. The number of hydrogen-bond donors (Lipinski definition) is 1. The number of esters is 1. The Balaban J connectivity index is 2.03. The monoisotopic (exact) mass is 350 g/mol. The van der Waals surface area contributed by atoms with Crippen LogP contribution in [0.5, 0.6) is 0 Å². The maximum atomic E-state index is 11.0. The highest BCUT2D eigenvalue weighted by Gasteiger charge is 2.42. The van der Waals surface area contributed by atoms with Gasteiger partial charge >= 0.3 is 5.97 Å². The zero-order chi connectivity index (χ0) is 18.3. The van der Waals surface area contributed by atoms with Gasteiger partial charge in [0, 0.05) is 6.42 Å².